The first-order valence-corrected chi connectivity index (χ1v) is 11.6. The van der Waals surface area contributed by atoms with Crippen LogP contribution in [0.2, 0.25) is 10.0 Å². The van der Waals surface area contributed by atoms with E-state index in [0.717, 1.165) is 18.4 Å². The summed E-state index contributed by atoms with van der Waals surface area (Å²) in [6, 6.07) is 12.7. The molecule has 0 saturated heterocycles. The molecule has 4 aromatic rings. The van der Waals surface area contributed by atoms with E-state index in [1.165, 1.54) is 22.9 Å². The second kappa shape index (κ2) is 8.16. The fraction of sp³-hybridized carbons (Fsp3) is 0.0476. The number of nitrogens with one attached hydrogen (secondary N) is 1. The number of sulfonamides is 1. The molecular formula is C21H13Cl2F2N3O3S. The monoisotopic (exact) mass is 495 g/mol. The lowest BCUT2D eigenvalue weighted by Gasteiger charge is -2.10. The highest BCUT2D eigenvalue weighted by Crippen LogP contribution is 2.33. The number of halogens is 4. The zero-order valence-corrected chi connectivity index (χ0v) is 18.6. The van der Waals surface area contributed by atoms with Gasteiger partial charge in [-0.1, -0.05) is 35.3 Å². The van der Waals surface area contributed by atoms with E-state index in [2.05, 4.69) is 5.10 Å². The van der Waals surface area contributed by atoms with Crippen molar-refractivity contribution in [1.29, 1.82) is 0 Å². The van der Waals surface area contributed by atoms with Crippen LogP contribution in [0.1, 0.15) is 10.4 Å². The van der Waals surface area contributed by atoms with Gasteiger partial charge in [0, 0.05) is 22.0 Å². The summed E-state index contributed by atoms with van der Waals surface area (Å²) in [5, 5.41) is 5.39. The molecule has 0 spiro atoms. The Labute approximate surface area is 191 Å². The molecule has 0 aliphatic carbocycles. The summed E-state index contributed by atoms with van der Waals surface area (Å²) in [5.74, 6) is -2.66. The van der Waals surface area contributed by atoms with E-state index in [1.54, 1.807) is 29.0 Å². The molecule has 1 N–H and O–H groups in total. The highest BCUT2D eigenvalue weighted by Gasteiger charge is 2.21. The van der Waals surface area contributed by atoms with Crippen LogP contribution in [0, 0.1) is 11.6 Å². The number of hydrogen-bond acceptors (Lipinski definition) is 4. The summed E-state index contributed by atoms with van der Waals surface area (Å²) in [5.41, 5.74) is 1.02. The van der Waals surface area contributed by atoms with E-state index in [9.17, 15) is 22.0 Å². The third-order valence-corrected chi connectivity index (χ3v) is 5.66. The molecule has 3 aromatic carbocycles. The maximum Gasteiger partial charge on any atom is 0.267 e. The number of rotatable bonds is 4. The molecule has 0 atom stereocenters. The van der Waals surface area contributed by atoms with Gasteiger partial charge in [0.05, 0.1) is 28.0 Å². The van der Waals surface area contributed by atoms with Gasteiger partial charge in [-0.05, 0) is 36.4 Å². The molecule has 4 rings (SSSR count). The van der Waals surface area contributed by atoms with E-state index in [1.807, 2.05) is 0 Å². The Kier molecular flexibility index (Phi) is 5.66. The van der Waals surface area contributed by atoms with Crippen LogP contribution in [0.4, 0.5) is 8.78 Å². The van der Waals surface area contributed by atoms with Gasteiger partial charge in [-0.2, -0.15) is 5.10 Å². The van der Waals surface area contributed by atoms with Crippen LogP contribution in [0.15, 0.2) is 54.6 Å². The Bertz CT molecular complexity index is 1490. The molecule has 0 aliphatic heterocycles. The number of hydrogen-bond donors (Lipinski definition) is 1. The molecule has 164 valence electrons. The fourth-order valence-electron chi connectivity index (χ4n) is 3.19. The number of fused-ring (bicyclic) bond motifs is 1. The zero-order valence-electron chi connectivity index (χ0n) is 16.2. The van der Waals surface area contributed by atoms with Crippen LogP contribution < -0.4 is 4.72 Å². The molecule has 0 unspecified atom stereocenters. The predicted octanol–water partition coefficient (Wildman–Crippen LogP) is 4.97. The summed E-state index contributed by atoms with van der Waals surface area (Å²) in [7, 11) is -3.90. The second-order valence-electron chi connectivity index (χ2n) is 6.92. The van der Waals surface area contributed by atoms with Crippen LogP contribution in [0.5, 0.6) is 0 Å². The maximum absolute atomic E-state index is 14.7. The van der Waals surface area contributed by atoms with Crippen molar-refractivity contribution >= 4 is 50.0 Å². The third kappa shape index (κ3) is 4.32. The first kappa shape index (κ1) is 22.2. The lowest BCUT2D eigenvalue weighted by atomic mass is 10.1. The van der Waals surface area contributed by atoms with E-state index in [4.69, 9.17) is 23.2 Å². The molecule has 1 heterocycles. The van der Waals surface area contributed by atoms with E-state index in [0.29, 0.717) is 27.2 Å². The summed E-state index contributed by atoms with van der Waals surface area (Å²) in [6.45, 7) is 0. The lowest BCUT2D eigenvalue weighted by Crippen LogP contribution is -2.30. The van der Waals surface area contributed by atoms with Gasteiger partial charge in [-0.25, -0.2) is 26.6 Å². The van der Waals surface area contributed by atoms with E-state index >= 15 is 0 Å². The average Bonchev–Trinajstić information content (AvgIpc) is 3.07. The van der Waals surface area contributed by atoms with Gasteiger partial charge in [0.2, 0.25) is 10.0 Å². The molecule has 0 saturated carbocycles. The van der Waals surface area contributed by atoms with Crippen molar-refractivity contribution in [3.63, 3.8) is 0 Å². The Hall–Kier alpha value is -3.01. The SMILES string of the molecule is CS(=O)(=O)NC(=O)c1cc(Cl)c(-n2nc(-c3ccc(Cl)cc3)c3cc(F)ccc32)cc1F. The van der Waals surface area contributed by atoms with Gasteiger partial charge < -0.3 is 0 Å². The van der Waals surface area contributed by atoms with Crippen LogP contribution in [0.3, 0.4) is 0 Å². The number of amides is 1. The number of carbonyl (C=O) groups is 1. The molecule has 0 radical (unpaired) electrons. The normalized spacial score (nSPS) is 11.7. The van der Waals surface area contributed by atoms with Crippen LogP contribution >= 0.6 is 23.2 Å². The minimum absolute atomic E-state index is 0.0681. The fourth-order valence-corrected chi connectivity index (χ4v) is 4.01. The van der Waals surface area contributed by atoms with Gasteiger partial charge in [0.15, 0.2) is 0 Å². The molecule has 1 aromatic heterocycles. The zero-order chi connectivity index (χ0) is 23.2. The van der Waals surface area contributed by atoms with Crippen LogP contribution in [0.25, 0.3) is 27.8 Å². The number of benzene rings is 3. The van der Waals surface area contributed by atoms with Crippen molar-refractivity contribution in [1.82, 2.24) is 14.5 Å². The third-order valence-electron chi connectivity index (χ3n) is 4.55. The molecule has 32 heavy (non-hydrogen) atoms. The van der Waals surface area contributed by atoms with Crippen LogP contribution in [-0.4, -0.2) is 30.4 Å². The highest BCUT2D eigenvalue weighted by atomic mass is 35.5. The standard InChI is InChI=1S/C21H13Cl2F2N3O3S/c1-32(30,31)27-21(29)14-9-16(23)19(10-17(14)25)28-18-7-6-13(24)8-15(18)20(26-28)11-2-4-12(22)5-3-11/h2-10H,1H3,(H,27,29). The summed E-state index contributed by atoms with van der Waals surface area (Å²) in [4.78, 5) is 12.1. The van der Waals surface area contributed by atoms with Gasteiger partial charge >= 0.3 is 0 Å². The summed E-state index contributed by atoms with van der Waals surface area (Å²) < 4.78 is 54.3. The number of nitrogens with zero attached hydrogens (tertiary/aromatic N) is 2. The Morgan fingerprint density at radius 2 is 1.72 bits per heavy atom. The molecule has 1 amide bonds. The summed E-state index contributed by atoms with van der Waals surface area (Å²) in [6.07, 6.45) is 0.770. The minimum Gasteiger partial charge on any atom is -0.268 e. The first-order valence-electron chi connectivity index (χ1n) is 8.99. The average molecular weight is 496 g/mol. The van der Waals surface area contributed by atoms with Crippen molar-refractivity contribution in [2.24, 2.45) is 0 Å². The topological polar surface area (TPSA) is 81.1 Å². The molecule has 0 fully saturated rings. The minimum atomic E-state index is -3.90. The van der Waals surface area contributed by atoms with Crippen molar-refractivity contribution in [2.75, 3.05) is 6.26 Å². The molecule has 0 bridgehead atoms. The largest absolute Gasteiger partial charge is 0.268 e. The predicted molar refractivity (Wildman–Crippen MR) is 119 cm³/mol. The smallest absolute Gasteiger partial charge is 0.267 e. The highest BCUT2D eigenvalue weighted by molar-refractivity contribution is 7.89. The first-order chi connectivity index (χ1) is 15.0. The van der Waals surface area contributed by atoms with E-state index in [-0.39, 0.29) is 10.7 Å². The number of carbonyl (C=O) groups excluding carboxylic acids is 1. The van der Waals surface area contributed by atoms with Crippen molar-refractivity contribution < 1.29 is 22.0 Å². The Morgan fingerprint density at radius 3 is 2.38 bits per heavy atom. The lowest BCUT2D eigenvalue weighted by molar-refractivity contribution is 0.0978. The van der Waals surface area contributed by atoms with Gasteiger partial charge in [-0.3, -0.25) is 4.79 Å². The van der Waals surface area contributed by atoms with Crippen LogP contribution in [-0.2, 0) is 10.0 Å². The quantitative estimate of drug-likeness (QED) is 0.433. The van der Waals surface area contributed by atoms with Gasteiger partial charge in [0.25, 0.3) is 5.91 Å². The molecule has 0 aliphatic rings. The molecule has 11 heteroatoms. The summed E-state index contributed by atoms with van der Waals surface area (Å²) >= 11 is 12.3. The second-order valence-corrected chi connectivity index (χ2v) is 9.51. The van der Waals surface area contributed by atoms with Gasteiger partial charge in [-0.15, -0.1) is 0 Å². The Morgan fingerprint density at radius 1 is 1.03 bits per heavy atom. The van der Waals surface area contributed by atoms with Crippen molar-refractivity contribution in [3.8, 4) is 16.9 Å². The number of aromatic nitrogens is 2. The van der Waals surface area contributed by atoms with E-state index < -0.39 is 33.1 Å². The van der Waals surface area contributed by atoms with Crippen molar-refractivity contribution in [3.05, 3.63) is 81.8 Å². The van der Waals surface area contributed by atoms with Crippen molar-refractivity contribution in [2.45, 2.75) is 0 Å². The maximum atomic E-state index is 14.7. The molecule has 6 nitrogen and oxygen atoms in total. The Balaban J connectivity index is 1.90. The van der Waals surface area contributed by atoms with Gasteiger partial charge in [0.1, 0.15) is 17.3 Å². The molecular weight excluding hydrogens is 483 g/mol.